The average Bonchev–Trinajstić information content (AvgIpc) is 2.60. The molecule has 24 heavy (non-hydrogen) atoms. The lowest BCUT2D eigenvalue weighted by Gasteiger charge is -2.22. The zero-order valence-corrected chi connectivity index (χ0v) is 13.4. The number of nitrogens with one attached hydrogen (secondary N) is 1. The van der Waals surface area contributed by atoms with E-state index in [9.17, 15) is 14.9 Å². The van der Waals surface area contributed by atoms with Crippen LogP contribution in [0.5, 0.6) is 5.75 Å². The molecule has 0 bridgehead atoms. The van der Waals surface area contributed by atoms with Gasteiger partial charge in [0.15, 0.2) is 0 Å². The molecule has 0 heterocycles. The molecule has 2 aromatic rings. The number of carbonyl (C=O) groups is 2. The van der Waals surface area contributed by atoms with Crippen molar-refractivity contribution in [3.63, 3.8) is 0 Å². The van der Waals surface area contributed by atoms with E-state index in [0.29, 0.717) is 22.7 Å². The van der Waals surface area contributed by atoms with Gasteiger partial charge in [-0.3, -0.25) is 9.59 Å². The van der Waals surface area contributed by atoms with Crippen molar-refractivity contribution in [3.05, 3.63) is 54.1 Å². The summed E-state index contributed by atoms with van der Waals surface area (Å²) in [5.74, 6) is -0.187. The molecule has 0 aliphatic heterocycles. The third kappa shape index (κ3) is 3.90. The van der Waals surface area contributed by atoms with Crippen LogP contribution in [0.2, 0.25) is 0 Å². The van der Waals surface area contributed by atoms with Crippen LogP contribution in [0, 0.1) is 11.3 Å². The van der Waals surface area contributed by atoms with Gasteiger partial charge in [-0.2, -0.15) is 5.26 Å². The Labute approximate surface area is 140 Å². The summed E-state index contributed by atoms with van der Waals surface area (Å²) in [6.45, 7) is 1.15. The van der Waals surface area contributed by atoms with Crippen LogP contribution in [0.1, 0.15) is 12.5 Å². The molecule has 0 saturated carbocycles. The first-order chi connectivity index (χ1) is 11.6. The summed E-state index contributed by atoms with van der Waals surface area (Å²) in [6, 6.07) is 15.7. The predicted molar refractivity (Wildman–Crippen MR) is 90.8 cm³/mol. The zero-order chi connectivity index (χ0) is 17.5. The molecule has 0 unspecified atom stereocenters. The van der Waals surface area contributed by atoms with Crippen molar-refractivity contribution in [3.8, 4) is 11.8 Å². The van der Waals surface area contributed by atoms with Gasteiger partial charge in [0.25, 0.3) is 0 Å². The van der Waals surface area contributed by atoms with E-state index in [1.54, 1.807) is 48.5 Å². The Morgan fingerprint density at radius 3 is 2.50 bits per heavy atom. The second kappa shape index (κ2) is 7.79. The standard InChI is InChI=1S/C18H17N3O3/c1-13(22)21(16-9-5-3-7-14(16)11-19)12-18(23)20-15-8-4-6-10-17(15)24-2/h3-10H,12H2,1-2H3,(H,20,23). The SMILES string of the molecule is COc1ccccc1NC(=O)CN(C(C)=O)c1ccccc1C#N. The molecule has 122 valence electrons. The van der Waals surface area contributed by atoms with Gasteiger partial charge in [0.1, 0.15) is 18.4 Å². The molecule has 0 spiro atoms. The number of hydrogen-bond donors (Lipinski definition) is 1. The summed E-state index contributed by atoms with van der Waals surface area (Å²) in [4.78, 5) is 25.5. The maximum atomic E-state index is 12.3. The number of carbonyl (C=O) groups excluding carboxylic acids is 2. The van der Waals surface area contributed by atoms with Crippen molar-refractivity contribution in [2.24, 2.45) is 0 Å². The van der Waals surface area contributed by atoms with Crippen LogP contribution in [0.15, 0.2) is 48.5 Å². The Kier molecular flexibility index (Phi) is 5.53. The van der Waals surface area contributed by atoms with Crippen LogP contribution >= 0.6 is 0 Å². The lowest BCUT2D eigenvalue weighted by atomic mass is 10.1. The summed E-state index contributed by atoms with van der Waals surface area (Å²) in [6.07, 6.45) is 0. The van der Waals surface area contributed by atoms with Gasteiger partial charge < -0.3 is 15.0 Å². The lowest BCUT2D eigenvalue weighted by molar-refractivity contribution is -0.120. The number of amides is 2. The van der Waals surface area contributed by atoms with Gasteiger partial charge >= 0.3 is 0 Å². The van der Waals surface area contributed by atoms with E-state index in [0.717, 1.165) is 0 Å². The molecule has 0 saturated heterocycles. The molecule has 2 aromatic carbocycles. The number of anilines is 2. The number of benzene rings is 2. The van der Waals surface area contributed by atoms with Crippen LogP contribution in [0.4, 0.5) is 11.4 Å². The predicted octanol–water partition coefficient (Wildman–Crippen LogP) is 2.56. The fourth-order valence-electron chi connectivity index (χ4n) is 2.25. The number of nitriles is 1. The van der Waals surface area contributed by atoms with Crippen LogP contribution in [-0.4, -0.2) is 25.5 Å². The molecular weight excluding hydrogens is 306 g/mol. The zero-order valence-electron chi connectivity index (χ0n) is 13.4. The van der Waals surface area contributed by atoms with E-state index in [1.165, 1.54) is 18.9 Å². The normalized spacial score (nSPS) is 9.71. The van der Waals surface area contributed by atoms with Crippen LogP contribution < -0.4 is 15.0 Å². The number of nitrogens with zero attached hydrogens (tertiary/aromatic N) is 2. The molecule has 2 rings (SSSR count). The van der Waals surface area contributed by atoms with Crippen LogP contribution in [-0.2, 0) is 9.59 Å². The Bertz CT molecular complexity index is 796. The first kappa shape index (κ1) is 17.0. The molecule has 0 aromatic heterocycles. The molecule has 0 fully saturated rings. The largest absolute Gasteiger partial charge is 0.495 e. The second-order valence-corrected chi connectivity index (χ2v) is 4.98. The number of rotatable bonds is 5. The van der Waals surface area contributed by atoms with E-state index in [2.05, 4.69) is 5.32 Å². The smallest absolute Gasteiger partial charge is 0.244 e. The topological polar surface area (TPSA) is 82.4 Å². The highest BCUT2D eigenvalue weighted by atomic mass is 16.5. The number of para-hydroxylation sites is 3. The van der Waals surface area contributed by atoms with Crippen LogP contribution in [0.25, 0.3) is 0 Å². The van der Waals surface area contributed by atoms with Crippen LogP contribution in [0.3, 0.4) is 0 Å². The molecule has 0 radical (unpaired) electrons. The fourth-order valence-corrected chi connectivity index (χ4v) is 2.25. The average molecular weight is 323 g/mol. The molecule has 0 aliphatic carbocycles. The number of hydrogen-bond acceptors (Lipinski definition) is 4. The van der Waals surface area contributed by atoms with Gasteiger partial charge in [-0.15, -0.1) is 0 Å². The monoisotopic (exact) mass is 323 g/mol. The molecule has 6 heteroatoms. The molecule has 6 nitrogen and oxygen atoms in total. The highest BCUT2D eigenvalue weighted by Gasteiger charge is 2.19. The quantitative estimate of drug-likeness (QED) is 0.916. The second-order valence-electron chi connectivity index (χ2n) is 4.98. The van der Waals surface area contributed by atoms with Crippen molar-refractivity contribution in [2.75, 3.05) is 23.9 Å². The summed E-state index contributed by atoms with van der Waals surface area (Å²) < 4.78 is 5.18. The minimum absolute atomic E-state index is 0.202. The molecule has 2 amide bonds. The van der Waals surface area contributed by atoms with Crippen molar-refractivity contribution in [2.45, 2.75) is 6.92 Å². The van der Waals surface area contributed by atoms with Crippen molar-refractivity contribution < 1.29 is 14.3 Å². The first-order valence-electron chi connectivity index (χ1n) is 7.27. The fraction of sp³-hybridized carbons (Fsp3) is 0.167. The summed E-state index contributed by atoms with van der Waals surface area (Å²) in [5.41, 5.74) is 1.25. The van der Waals surface area contributed by atoms with E-state index in [1.807, 2.05) is 6.07 Å². The van der Waals surface area contributed by atoms with E-state index >= 15 is 0 Å². The van der Waals surface area contributed by atoms with Crippen molar-refractivity contribution >= 4 is 23.2 Å². The van der Waals surface area contributed by atoms with Gasteiger partial charge in [0, 0.05) is 6.92 Å². The van der Waals surface area contributed by atoms with E-state index in [-0.39, 0.29) is 18.4 Å². The highest BCUT2D eigenvalue weighted by molar-refractivity contribution is 6.02. The molecular formula is C18H17N3O3. The number of ether oxygens (including phenoxy) is 1. The van der Waals surface area contributed by atoms with Gasteiger partial charge in [0.2, 0.25) is 11.8 Å². The highest BCUT2D eigenvalue weighted by Crippen LogP contribution is 2.24. The minimum atomic E-state index is -0.387. The van der Waals surface area contributed by atoms with E-state index in [4.69, 9.17) is 4.74 Å². The minimum Gasteiger partial charge on any atom is -0.495 e. The number of methoxy groups -OCH3 is 1. The molecule has 0 atom stereocenters. The summed E-state index contributed by atoms with van der Waals surface area (Å²) in [7, 11) is 1.51. The van der Waals surface area contributed by atoms with Crippen molar-refractivity contribution in [1.29, 1.82) is 5.26 Å². The lowest BCUT2D eigenvalue weighted by Crippen LogP contribution is -2.37. The Morgan fingerprint density at radius 2 is 1.83 bits per heavy atom. The van der Waals surface area contributed by atoms with Gasteiger partial charge in [-0.25, -0.2) is 0 Å². The Morgan fingerprint density at radius 1 is 1.17 bits per heavy atom. The maximum absolute atomic E-state index is 12.3. The summed E-state index contributed by atoms with van der Waals surface area (Å²) in [5, 5.41) is 11.9. The Hall–Kier alpha value is -3.33. The van der Waals surface area contributed by atoms with E-state index < -0.39 is 0 Å². The third-order valence-corrected chi connectivity index (χ3v) is 3.38. The third-order valence-electron chi connectivity index (χ3n) is 3.38. The molecule has 1 N–H and O–H groups in total. The van der Waals surface area contributed by atoms with Gasteiger partial charge in [-0.1, -0.05) is 24.3 Å². The maximum Gasteiger partial charge on any atom is 0.244 e. The summed E-state index contributed by atoms with van der Waals surface area (Å²) >= 11 is 0. The first-order valence-corrected chi connectivity index (χ1v) is 7.27. The van der Waals surface area contributed by atoms with Gasteiger partial charge in [-0.05, 0) is 24.3 Å². The van der Waals surface area contributed by atoms with Gasteiger partial charge in [0.05, 0.1) is 24.0 Å². The molecule has 0 aliphatic rings. The Balaban J connectivity index is 2.21. The van der Waals surface area contributed by atoms with Crippen molar-refractivity contribution in [1.82, 2.24) is 0 Å².